The van der Waals surface area contributed by atoms with Crippen molar-refractivity contribution in [1.82, 2.24) is 9.97 Å². The van der Waals surface area contributed by atoms with Crippen LogP contribution >= 0.6 is 21.0 Å². The highest BCUT2D eigenvalue weighted by molar-refractivity contribution is 14.1. The van der Waals surface area contributed by atoms with E-state index >= 15 is 0 Å². The zero-order valence-corrected chi connectivity index (χ0v) is 10.4. The Hall–Kier alpha value is -0.920. The second-order valence-electron chi connectivity index (χ2n) is 2.98. The van der Waals surface area contributed by atoms with Crippen molar-refractivity contribution in [2.24, 2.45) is 0 Å². The van der Waals surface area contributed by atoms with E-state index in [9.17, 15) is 9.59 Å². The summed E-state index contributed by atoms with van der Waals surface area (Å²) in [5.41, 5.74) is -0.253. The Balaban J connectivity index is 3.03. The predicted octanol–water partition coefficient (Wildman–Crippen LogP) is 1.57. The Kier molecular flexibility index (Phi) is 4.73. The van der Waals surface area contributed by atoms with Crippen molar-refractivity contribution in [1.29, 1.82) is 3.56 Å². The normalized spacial score (nSPS) is 12.3. The Morgan fingerprint density at radius 1 is 1.73 bits per heavy atom. The van der Waals surface area contributed by atoms with Crippen molar-refractivity contribution < 1.29 is 4.79 Å². The zero-order chi connectivity index (χ0) is 11.3. The summed E-state index contributed by atoms with van der Waals surface area (Å²) < 4.78 is 7.75. The van der Waals surface area contributed by atoms with E-state index in [4.69, 9.17) is 3.56 Å². The first-order chi connectivity index (χ1) is 7.19. The van der Waals surface area contributed by atoms with Gasteiger partial charge in [0, 0.05) is 23.1 Å². The summed E-state index contributed by atoms with van der Waals surface area (Å²) >= 11 is -0.741. The fourth-order valence-corrected chi connectivity index (χ4v) is 2.55. The van der Waals surface area contributed by atoms with E-state index in [0.717, 1.165) is 0 Å². The molecule has 1 aromatic rings. The third-order valence-corrected chi connectivity index (χ3v) is 3.31. The molecule has 0 spiro atoms. The van der Waals surface area contributed by atoms with Crippen LogP contribution in [0.3, 0.4) is 0 Å². The number of carbonyl (C=O) groups is 1. The van der Waals surface area contributed by atoms with Crippen LogP contribution < -0.4 is 5.56 Å². The Morgan fingerprint density at radius 3 is 3.00 bits per heavy atom. The average molecular weight is 321 g/mol. The van der Waals surface area contributed by atoms with Crippen LogP contribution in [0.4, 0.5) is 0 Å². The first-order valence-electron chi connectivity index (χ1n) is 4.51. The lowest BCUT2D eigenvalue weighted by Crippen LogP contribution is -2.20. The summed E-state index contributed by atoms with van der Waals surface area (Å²) in [4.78, 5) is 29.2. The quantitative estimate of drug-likeness (QED) is 0.637. The molecule has 0 aliphatic rings. The molecule has 1 rings (SSSR count). The van der Waals surface area contributed by atoms with Gasteiger partial charge in [0.2, 0.25) is 0 Å². The van der Waals surface area contributed by atoms with E-state index in [1.807, 2.05) is 0 Å². The van der Waals surface area contributed by atoms with Gasteiger partial charge in [-0.2, -0.15) is 0 Å². The predicted molar refractivity (Wildman–Crippen MR) is 64.5 cm³/mol. The van der Waals surface area contributed by atoms with E-state index in [1.54, 1.807) is 6.92 Å². The molecule has 15 heavy (non-hydrogen) atoms. The van der Waals surface area contributed by atoms with Gasteiger partial charge in [-0.3, -0.25) is 13.2 Å². The van der Waals surface area contributed by atoms with Gasteiger partial charge < -0.3 is 4.98 Å². The number of rotatable bonds is 5. The summed E-state index contributed by atoms with van der Waals surface area (Å²) in [7, 11) is 0. The summed E-state index contributed by atoms with van der Waals surface area (Å²) in [6.07, 6.45) is 1.80. The molecule has 0 fully saturated rings. The molecule has 0 bridgehead atoms. The standard InChI is InChI=1S/C9H12IN3O2/c1-2-7(14)6(5-10-11)9-12-4-3-8(15)13-9/h3-4,6,11H,2,5H2,1H3,(H,12,13,15). The highest BCUT2D eigenvalue weighted by atomic mass is 127. The fraction of sp³-hybridized carbons (Fsp3) is 0.444. The molecule has 0 saturated carbocycles. The van der Waals surface area contributed by atoms with E-state index in [2.05, 4.69) is 9.97 Å². The summed E-state index contributed by atoms with van der Waals surface area (Å²) in [5.74, 6) is 0.0480. The number of Topliss-reactive ketones (excluding diaryl/α,β-unsaturated/α-hetero) is 1. The van der Waals surface area contributed by atoms with Gasteiger partial charge in [-0.1, -0.05) is 6.92 Å². The molecule has 0 radical (unpaired) electrons. The fourth-order valence-electron chi connectivity index (χ4n) is 1.20. The minimum atomic E-state index is -0.741. The second-order valence-corrected chi connectivity index (χ2v) is 4.62. The number of ketones is 1. The molecule has 0 aliphatic heterocycles. The summed E-state index contributed by atoms with van der Waals surface area (Å²) in [6.45, 7) is 1.78. The molecule has 5 nitrogen and oxygen atoms in total. The molecule has 1 aromatic heterocycles. The van der Waals surface area contributed by atoms with Gasteiger partial charge in [-0.05, 0) is 21.0 Å². The molecule has 0 amide bonds. The Labute approximate surface area is 97.3 Å². The molecule has 6 heteroatoms. The molecule has 82 valence electrons. The number of carbonyl (C=O) groups excluding carboxylic acids is 1. The maximum absolute atomic E-state index is 11.6. The van der Waals surface area contributed by atoms with E-state index in [-0.39, 0.29) is 11.3 Å². The highest BCUT2D eigenvalue weighted by Crippen LogP contribution is 2.18. The lowest BCUT2D eigenvalue weighted by atomic mass is 10.0. The van der Waals surface area contributed by atoms with Gasteiger partial charge in [0.05, 0.1) is 5.92 Å². The van der Waals surface area contributed by atoms with Crippen LogP contribution in [0, 0.1) is 3.56 Å². The lowest BCUT2D eigenvalue weighted by Gasteiger charge is -2.10. The number of nitrogens with zero attached hydrogens (tertiary/aromatic N) is 1. The third-order valence-electron chi connectivity index (χ3n) is 1.99. The zero-order valence-electron chi connectivity index (χ0n) is 8.29. The number of hydrogen-bond donors (Lipinski definition) is 2. The lowest BCUT2D eigenvalue weighted by molar-refractivity contribution is -0.119. The first kappa shape index (κ1) is 12.2. The number of halogens is 1. The van der Waals surface area contributed by atoms with Crippen LogP contribution in [-0.2, 0) is 4.79 Å². The van der Waals surface area contributed by atoms with E-state index < -0.39 is 27.0 Å². The average Bonchev–Trinajstić information content (AvgIpc) is 2.25. The number of aromatic amines is 1. The van der Waals surface area contributed by atoms with Crippen molar-refractivity contribution in [3.8, 4) is 0 Å². The molecule has 0 aromatic carbocycles. The maximum Gasteiger partial charge on any atom is 0.250 e. The van der Waals surface area contributed by atoms with Gasteiger partial charge >= 0.3 is 0 Å². The van der Waals surface area contributed by atoms with Crippen LogP contribution in [-0.4, -0.2) is 20.2 Å². The van der Waals surface area contributed by atoms with Crippen LogP contribution in [0.25, 0.3) is 0 Å². The number of nitrogens with one attached hydrogen (secondary N) is 2. The maximum atomic E-state index is 11.6. The number of hydrogen-bond acceptors (Lipinski definition) is 4. The smallest absolute Gasteiger partial charge is 0.250 e. The van der Waals surface area contributed by atoms with E-state index in [0.29, 0.717) is 16.7 Å². The Morgan fingerprint density at radius 2 is 2.47 bits per heavy atom. The van der Waals surface area contributed by atoms with Crippen molar-refractivity contribution in [2.75, 3.05) is 4.43 Å². The van der Waals surface area contributed by atoms with Crippen LogP contribution in [0.15, 0.2) is 17.1 Å². The van der Waals surface area contributed by atoms with Gasteiger partial charge in [0.15, 0.2) is 0 Å². The van der Waals surface area contributed by atoms with E-state index in [1.165, 1.54) is 12.3 Å². The number of aromatic nitrogens is 2. The third kappa shape index (κ3) is 3.29. The van der Waals surface area contributed by atoms with Gasteiger partial charge in [0.25, 0.3) is 5.56 Å². The van der Waals surface area contributed by atoms with Crippen LogP contribution in [0.2, 0.25) is 0 Å². The van der Waals surface area contributed by atoms with Gasteiger partial charge in [-0.15, -0.1) is 0 Å². The minimum Gasteiger partial charge on any atom is -0.310 e. The van der Waals surface area contributed by atoms with Crippen molar-refractivity contribution in [2.45, 2.75) is 19.3 Å². The molecule has 2 N–H and O–H groups in total. The molecular formula is C9H12IN3O2. The first-order valence-corrected chi connectivity index (χ1v) is 7.12. The Bertz CT molecular complexity index is 416. The molecule has 1 heterocycles. The van der Waals surface area contributed by atoms with Crippen molar-refractivity contribution >= 4 is 26.8 Å². The highest BCUT2D eigenvalue weighted by Gasteiger charge is 2.20. The van der Waals surface area contributed by atoms with Gasteiger partial charge in [-0.25, -0.2) is 4.98 Å². The van der Waals surface area contributed by atoms with Crippen molar-refractivity contribution in [3.63, 3.8) is 0 Å². The summed E-state index contributed by atoms with van der Waals surface area (Å²) in [5, 5.41) is 0. The van der Waals surface area contributed by atoms with Crippen LogP contribution in [0.1, 0.15) is 25.1 Å². The second kappa shape index (κ2) is 5.84. The largest absolute Gasteiger partial charge is 0.310 e. The van der Waals surface area contributed by atoms with Crippen LogP contribution in [0.5, 0.6) is 0 Å². The minimum absolute atomic E-state index is 0.0382. The number of H-pyrrole nitrogens is 1. The molecule has 1 unspecified atom stereocenters. The molecular weight excluding hydrogens is 309 g/mol. The molecule has 0 saturated heterocycles. The SMILES string of the molecule is CCC(=O)C(CI=N)c1nccc(=O)[nH]1. The number of alkyl halides is 1. The molecule has 1 atom stereocenters. The monoisotopic (exact) mass is 321 g/mol. The molecule has 0 aliphatic carbocycles. The topological polar surface area (TPSA) is 86.7 Å². The summed E-state index contributed by atoms with van der Waals surface area (Å²) in [6, 6.07) is 1.31. The van der Waals surface area contributed by atoms with Gasteiger partial charge in [0.1, 0.15) is 11.6 Å². The van der Waals surface area contributed by atoms with Crippen molar-refractivity contribution in [3.05, 3.63) is 28.4 Å².